The number of rotatable bonds is 8. The van der Waals surface area contributed by atoms with Gasteiger partial charge in [-0.25, -0.2) is 4.79 Å². The van der Waals surface area contributed by atoms with Gasteiger partial charge in [0.2, 0.25) is 0 Å². The van der Waals surface area contributed by atoms with E-state index in [1.165, 1.54) is 11.6 Å². The van der Waals surface area contributed by atoms with E-state index in [4.69, 9.17) is 4.42 Å². The molecule has 0 fully saturated rings. The van der Waals surface area contributed by atoms with Crippen molar-refractivity contribution in [3.63, 3.8) is 0 Å². The number of aromatic hydroxyl groups is 2. The van der Waals surface area contributed by atoms with Crippen LogP contribution in [0.1, 0.15) is 63.4 Å². The number of Topliss-reactive ketones (excluding diaryl/α,β-unsaturated/α-hetero) is 1. The molecule has 0 saturated carbocycles. The number of fused-ring (bicyclic) bond motifs is 1. The third-order valence-corrected chi connectivity index (χ3v) is 5.84. The highest BCUT2D eigenvalue weighted by atomic mass is 16.4. The summed E-state index contributed by atoms with van der Waals surface area (Å²) in [4.78, 5) is 25.6. The van der Waals surface area contributed by atoms with Crippen molar-refractivity contribution >= 4 is 16.8 Å². The fourth-order valence-electron chi connectivity index (χ4n) is 3.95. The van der Waals surface area contributed by atoms with Crippen LogP contribution in [0.3, 0.4) is 0 Å². The molecule has 0 amide bonds. The number of carbonyl (C=O) groups excluding carboxylic acids is 1. The summed E-state index contributed by atoms with van der Waals surface area (Å²) >= 11 is 0. The maximum atomic E-state index is 13.1. The summed E-state index contributed by atoms with van der Waals surface area (Å²) in [5, 5.41) is 22.7. The van der Waals surface area contributed by atoms with E-state index in [1.807, 2.05) is 43.3 Å². The quantitative estimate of drug-likeness (QED) is 0.216. The molecule has 178 valence electrons. The van der Waals surface area contributed by atoms with Gasteiger partial charge in [0.25, 0.3) is 0 Å². The number of phenolic OH excluding ortho intramolecular Hbond substituents is 2. The molecule has 3 rings (SSSR count). The highest BCUT2D eigenvalue weighted by molar-refractivity contribution is 6.14. The van der Waals surface area contributed by atoms with Crippen LogP contribution in [0, 0.1) is 5.92 Å². The van der Waals surface area contributed by atoms with Gasteiger partial charge in [0.1, 0.15) is 17.1 Å². The summed E-state index contributed by atoms with van der Waals surface area (Å²) in [5.41, 5.74) is 2.93. The predicted octanol–water partition coefficient (Wildman–Crippen LogP) is 6.95. The van der Waals surface area contributed by atoms with Crippen molar-refractivity contribution in [2.24, 2.45) is 5.92 Å². The Bertz CT molecular complexity index is 1320. The van der Waals surface area contributed by atoms with E-state index in [0.717, 1.165) is 18.4 Å². The van der Waals surface area contributed by atoms with Crippen LogP contribution in [0.4, 0.5) is 0 Å². The van der Waals surface area contributed by atoms with Crippen LogP contribution < -0.4 is 5.63 Å². The van der Waals surface area contributed by atoms with E-state index in [0.29, 0.717) is 11.1 Å². The number of carbonyl (C=O) groups is 1. The average Bonchev–Trinajstić information content (AvgIpc) is 2.78. The molecule has 0 radical (unpaired) electrons. The maximum absolute atomic E-state index is 13.1. The van der Waals surface area contributed by atoms with Crippen LogP contribution >= 0.6 is 0 Å². The Kier molecular flexibility index (Phi) is 7.77. The third kappa shape index (κ3) is 5.30. The number of hydrogen-bond donors (Lipinski definition) is 2. The topological polar surface area (TPSA) is 87.7 Å². The number of phenols is 2. The molecule has 5 heteroatoms. The predicted molar refractivity (Wildman–Crippen MR) is 137 cm³/mol. The van der Waals surface area contributed by atoms with Gasteiger partial charge in [-0.05, 0) is 45.6 Å². The number of benzene rings is 2. The van der Waals surface area contributed by atoms with Crippen LogP contribution in [0.15, 0.2) is 68.9 Å². The standard InChI is InChI=1S/C29H32O5/c1-17(2)10-9-11-19(5)14-15-21-27(32)24-22(20-12-7-6-8-13-20)16-23(30)34-29(24)25(28(21)33)26(31)18(3)4/h6-8,10,12-14,16,18,32-33H,9,11,15H2,1-5H3/b19-14+. The number of ketones is 1. The fourth-order valence-corrected chi connectivity index (χ4v) is 3.95. The normalized spacial score (nSPS) is 11.8. The molecule has 0 atom stereocenters. The van der Waals surface area contributed by atoms with Gasteiger partial charge < -0.3 is 14.6 Å². The molecule has 0 aliphatic rings. The van der Waals surface area contributed by atoms with Crippen LogP contribution in [0.5, 0.6) is 11.5 Å². The van der Waals surface area contributed by atoms with Gasteiger partial charge in [-0.2, -0.15) is 0 Å². The van der Waals surface area contributed by atoms with Crippen molar-refractivity contribution in [1.82, 2.24) is 0 Å². The largest absolute Gasteiger partial charge is 0.507 e. The smallest absolute Gasteiger partial charge is 0.336 e. The van der Waals surface area contributed by atoms with E-state index in [-0.39, 0.29) is 45.8 Å². The van der Waals surface area contributed by atoms with E-state index in [2.05, 4.69) is 19.9 Å². The first kappa shape index (κ1) is 25.0. The molecule has 1 heterocycles. The summed E-state index contributed by atoms with van der Waals surface area (Å²) in [6.45, 7) is 9.54. The van der Waals surface area contributed by atoms with Gasteiger partial charge in [-0.15, -0.1) is 0 Å². The molecular formula is C29H32O5. The maximum Gasteiger partial charge on any atom is 0.336 e. The fraction of sp³-hybridized carbons (Fsp3) is 0.310. The third-order valence-electron chi connectivity index (χ3n) is 5.84. The van der Waals surface area contributed by atoms with Crippen molar-refractivity contribution in [2.45, 2.75) is 53.9 Å². The Balaban J connectivity index is 2.27. The zero-order chi connectivity index (χ0) is 25.0. The molecule has 5 nitrogen and oxygen atoms in total. The Hall–Kier alpha value is -3.60. The number of allylic oxidation sites excluding steroid dienone is 4. The monoisotopic (exact) mass is 460 g/mol. The lowest BCUT2D eigenvalue weighted by Gasteiger charge is -2.17. The van der Waals surface area contributed by atoms with Crippen LogP contribution in [0.2, 0.25) is 0 Å². The highest BCUT2D eigenvalue weighted by Gasteiger charge is 2.28. The molecule has 0 saturated heterocycles. The minimum Gasteiger partial charge on any atom is -0.507 e. The van der Waals surface area contributed by atoms with Crippen LogP contribution in [-0.2, 0) is 6.42 Å². The molecular weight excluding hydrogens is 428 g/mol. The van der Waals surface area contributed by atoms with Gasteiger partial charge in [0.15, 0.2) is 11.4 Å². The van der Waals surface area contributed by atoms with E-state index < -0.39 is 11.5 Å². The van der Waals surface area contributed by atoms with Crippen LogP contribution in [-0.4, -0.2) is 16.0 Å². The first-order valence-electron chi connectivity index (χ1n) is 11.5. The molecule has 0 spiro atoms. The Labute approximate surface area is 200 Å². The van der Waals surface area contributed by atoms with Gasteiger partial charge >= 0.3 is 5.63 Å². The molecule has 0 bridgehead atoms. The summed E-state index contributed by atoms with van der Waals surface area (Å²) in [6, 6.07) is 10.4. The molecule has 34 heavy (non-hydrogen) atoms. The minimum absolute atomic E-state index is 0.0664. The summed E-state index contributed by atoms with van der Waals surface area (Å²) in [6.07, 6.45) is 6.10. The molecule has 1 aromatic heterocycles. The second-order valence-corrected chi connectivity index (χ2v) is 9.19. The SMILES string of the molecule is CC(C)=CCC/C(C)=C/Cc1c(O)c(C(=O)C(C)C)c2oc(=O)cc(-c3ccccc3)c2c1O. The van der Waals surface area contributed by atoms with Crippen molar-refractivity contribution in [2.75, 3.05) is 0 Å². The zero-order valence-corrected chi connectivity index (χ0v) is 20.4. The first-order valence-corrected chi connectivity index (χ1v) is 11.5. The van der Waals surface area contributed by atoms with Gasteiger partial charge in [-0.1, -0.05) is 67.5 Å². The molecule has 0 aliphatic carbocycles. The van der Waals surface area contributed by atoms with Crippen molar-refractivity contribution in [3.05, 3.63) is 81.2 Å². The van der Waals surface area contributed by atoms with E-state index in [1.54, 1.807) is 13.8 Å². The van der Waals surface area contributed by atoms with Gasteiger partial charge in [0.05, 0.1) is 5.39 Å². The van der Waals surface area contributed by atoms with Gasteiger partial charge in [0, 0.05) is 23.1 Å². The average molecular weight is 461 g/mol. The Morgan fingerprint density at radius 2 is 1.71 bits per heavy atom. The van der Waals surface area contributed by atoms with Crippen LogP contribution in [0.25, 0.3) is 22.1 Å². The highest BCUT2D eigenvalue weighted by Crippen LogP contribution is 2.44. The lowest BCUT2D eigenvalue weighted by atomic mass is 9.90. The summed E-state index contributed by atoms with van der Waals surface area (Å²) in [7, 11) is 0. The van der Waals surface area contributed by atoms with Crippen molar-refractivity contribution < 1.29 is 19.4 Å². The van der Waals surface area contributed by atoms with Crippen molar-refractivity contribution in [3.8, 4) is 22.6 Å². The van der Waals surface area contributed by atoms with E-state index >= 15 is 0 Å². The second kappa shape index (κ2) is 10.6. The summed E-state index contributed by atoms with van der Waals surface area (Å²) in [5.74, 6) is -1.34. The Morgan fingerprint density at radius 3 is 2.32 bits per heavy atom. The lowest BCUT2D eigenvalue weighted by molar-refractivity contribution is 0.0937. The molecule has 0 aliphatic heterocycles. The van der Waals surface area contributed by atoms with Gasteiger partial charge in [-0.3, -0.25) is 4.79 Å². The second-order valence-electron chi connectivity index (χ2n) is 9.19. The van der Waals surface area contributed by atoms with Crippen molar-refractivity contribution in [1.29, 1.82) is 0 Å². The lowest BCUT2D eigenvalue weighted by Crippen LogP contribution is -2.11. The zero-order valence-electron chi connectivity index (χ0n) is 20.4. The summed E-state index contributed by atoms with van der Waals surface area (Å²) < 4.78 is 5.43. The molecule has 2 N–H and O–H groups in total. The molecule has 0 unspecified atom stereocenters. The Morgan fingerprint density at radius 1 is 1.03 bits per heavy atom. The molecule has 3 aromatic rings. The first-order chi connectivity index (χ1) is 16.1. The van der Waals surface area contributed by atoms with E-state index in [9.17, 15) is 19.8 Å². The minimum atomic E-state index is -0.661. The number of hydrogen-bond acceptors (Lipinski definition) is 5. The molecule has 2 aromatic carbocycles.